The van der Waals surface area contributed by atoms with Crippen LogP contribution in [0.5, 0.6) is 0 Å². The Labute approximate surface area is 146 Å². The van der Waals surface area contributed by atoms with E-state index in [1.54, 1.807) is 18.2 Å². The molecule has 0 amide bonds. The highest BCUT2D eigenvalue weighted by Gasteiger charge is 2.54. The molecule has 0 bridgehead atoms. The van der Waals surface area contributed by atoms with Crippen LogP contribution in [0.1, 0.15) is 16.2 Å². The van der Waals surface area contributed by atoms with Gasteiger partial charge >= 0.3 is 29.9 Å². The fraction of sp³-hybridized carbons (Fsp3) is 0.286. The maximum absolute atomic E-state index is 11.3. The number of nitrogens with zero attached hydrogens (tertiary/aromatic N) is 1. The van der Waals surface area contributed by atoms with Gasteiger partial charge in [-0.05, 0) is 18.2 Å². The lowest BCUT2D eigenvalue weighted by Crippen LogP contribution is -2.39. The number of rotatable bonds is 3. The minimum atomic E-state index is -5.77. The van der Waals surface area contributed by atoms with Crippen LogP contribution in [0.2, 0.25) is 0 Å². The Kier molecular flexibility index (Phi) is 6.67. The first kappa shape index (κ1) is 22.1. The number of ether oxygens (including phenoxy) is 1. The van der Waals surface area contributed by atoms with Crippen molar-refractivity contribution in [2.45, 2.75) is 18.9 Å². The summed E-state index contributed by atoms with van der Waals surface area (Å²) in [5.74, 6) is -6.47. The Morgan fingerprint density at radius 2 is 1.59 bits per heavy atom. The van der Waals surface area contributed by atoms with E-state index in [-0.39, 0.29) is 5.97 Å². The smallest absolute Gasteiger partial charge is 0.458 e. The Balaban J connectivity index is 0.000000279. The fourth-order valence-corrected chi connectivity index (χ4v) is 1.66. The molecule has 2 rings (SSSR count). The molecule has 0 aliphatic heterocycles. The number of carbonyl (C=O) groups is 3. The van der Waals surface area contributed by atoms with Crippen molar-refractivity contribution in [1.82, 2.24) is 9.97 Å². The third-order valence-electron chi connectivity index (χ3n) is 2.87. The fourth-order valence-electron chi connectivity index (χ4n) is 1.66. The number of aromatic nitrogens is 2. The maximum atomic E-state index is 11.3. The molecule has 0 aliphatic rings. The SMILES string of the molecule is COC(=O)c1ccc2nc(CN)[nH]c2c1.O=C(C(=O)C(F)(F)F)C(F)(F)F. The number of halogens is 6. The molecule has 3 N–H and O–H groups in total. The Morgan fingerprint density at radius 1 is 1.07 bits per heavy atom. The number of H-pyrrole nitrogens is 1. The Morgan fingerprint density at radius 3 is 2.00 bits per heavy atom. The van der Waals surface area contributed by atoms with Crippen LogP contribution in [0.15, 0.2) is 18.2 Å². The van der Waals surface area contributed by atoms with Gasteiger partial charge in [0.25, 0.3) is 0 Å². The number of aromatic amines is 1. The maximum Gasteiger partial charge on any atom is 0.458 e. The number of methoxy groups -OCH3 is 1. The van der Waals surface area contributed by atoms with Crippen molar-refractivity contribution in [3.8, 4) is 0 Å². The summed E-state index contributed by atoms with van der Waals surface area (Å²) < 4.78 is 71.6. The van der Waals surface area contributed by atoms with Crippen molar-refractivity contribution in [3.63, 3.8) is 0 Å². The number of esters is 1. The van der Waals surface area contributed by atoms with Gasteiger partial charge in [-0.25, -0.2) is 9.78 Å². The number of imidazole rings is 1. The number of benzene rings is 1. The highest BCUT2D eigenvalue weighted by atomic mass is 19.4. The van der Waals surface area contributed by atoms with Crippen LogP contribution in [0.3, 0.4) is 0 Å². The number of hydrogen-bond donors (Lipinski definition) is 2. The summed E-state index contributed by atoms with van der Waals surface area (Å²) in [7, 11) is 1.35. The molecule has 0 radical (unpaired) electrons. The van der Waals surface area contributed by atoms with Crippen molar-refractivity contribution < 1.29 is 45.5 Å². The third-order valence-corrected chi connectivity index (χ3v) is 2.87. The molecule has 13 heteroatoms. The molecule has 2 aromatic rings. The van der Waals surface area contributed by atoms with Gasteiger partial charge < -0.3 is 15.5 Å². The molecule has 0 saturated heterocycles. The molecule has 0 saturated carbocycles. The van der Waals surface area contributed by atoms with Crippen molar-refractivity contribution in [2.75, 3.05) is 7.11 Å². The van der Waals surface area contributed by atoms with E-state index in [9.17, 15) is 40.7 Å². The lowest BCUT2D eigenvalue weighted by molar-refractivity contribution is -0.193. The van der Waals surface area contributed by atoms with Gasteiger partial charge in [-0.1, -0.05) is 0 Å². The van der Waals surface area contributed by atoms with Crippen molar-refractivity contribution >= 4 is 28.6 Å². The summed E-state index contributed by atoms with van der Waals surface area (Å²) in [6.07, 6.45) is -11.5. The van der Waals surface area contributed by atoms with Crippen LogP contribution in [-0.4, -0.2) is 47.0 Å². The lowest BCUT2D eigenvalue weighted by atomic mass is 10.2. The predicted octanol–water partition coefficient (Wildman–Crippen LogP) is 2.06. The molecule has 7 nitrogen and oxygen atoms in total. The number of carbonyl (C=O) groups excluding carboxylic acids is 3. The van der Waals surface area contributed by atoms with Gasteiger partial charge in [0, 0.05) is 0 Å². The molecule has 148 valence electrons. The molecule has 0 spiro atoms. The first-order valence-electron chi connectivity index (χ1n) is 6.81. The van der Waals surface area contributed by atoms with E-state index in [2.05, 4.69) is 14.7 Å². The molecule has 1 heterocycles. The van der Waals surface area contributed by atoms with E-state index in [1.807, 2.05) is 0 Å². The number of ketones is 2. The molecule has 0 fully saturated rings. The summed E-state index contributed by atoms with van der Waals surface area (Å²) in [4.78, 5) is 37.7. The van der Waals surface area contributed by atoms with Crippen LogP contribution in [-0.2, 0) is 20.9 Å². The van der Waals surface area contributed by atoms with Crippen LogP contribution >= 0.6 is 0 Å². The monoisotopic (exact) mass is 399 g/mol. The molecule has 0 unspecified atom stereocenters. The molecular formula is C14H11F6N3O4. The van der Waals surface area contributed by atoms with Crippen LogP contribution in [0.25, 0.3) is 11.0 Å². The second-order valence-corrected chi connectivity index (χ2v) is 4.76. The molecule has 0 aliphatic carbocycles. The van der Waals surface area contributed by atoms with E-state index in [0.29, 0.717) is 17.9 Å². The lowest BCUT2D eigenvalue weighted by Gasteiger charge is -2.05. The van der Waals surface area contributed by atoms with Gasteiger partial charge in [0.05, 0.1) is 30.3 Å². The standard InChI is InChI=1S/C10H11N3O2.C4F6O2/c1-15-10(14)6-2-3-7-8(4-6)13-9(5-11)12-7;5-3(6,7)1(11)2(12)4(8,9)10/h2-4H,5,11H2,1H3,(H,12,13);. The van der Waals surface area contributed by atoms with E-state index in [1.165, 1.54) is 7.11 Å². The number of nitrogens with two attached hydrogens (primary N) is 1. The topological polar surface area (TPSA) is 115 Å². The zero-order chi connectivity index (χ0) is 21.0. The van der Waals surface area contributed by atoms with Gasteiger partial charge in [-0.15, -0.1) is 0 Å². The summed E-state index contributed by atoms with van der Waals surface area (Å²) in [6, 6.07) is 5.14. The first-order chi connectivity index (χ1) is 12.3. The zero-order valence-corrected chi connectivity index (χ0v) is 13.4. The third kappa shape index (κ3) is 5.77. The molecule has 0 atom stereocenters. The van der Waals surface area contributed by atoms with Gasteiger partial charge in [0.2, 0.25) is 0 Å². The number of Topliss-reactive ketones (excluding diaryl/α,β-unsaturated/α-hetero) is 2. The summed E-state index contributed by atoms with van der Waals surface area (Å²) in [5.41, 5.74) is 7.53. The Bertz CT molecular complexity index is 833. The normalized spacial score (nSPS) is 11.6. The van der Waals surface area contributed by atoms with Crippen molar-refractivity contribution in [2.24, 2.45) is 5.73 Å². The minimum Gasteiger partial charge on any atom is -0.465 e. The van der Waals surface area contributed by atoms with Crippen molar-refractivity contribution in [1.29, 1.82) is 0 Å². The molecule has 1 aromatic carbocycles. The predicted molar refractivity (Wildman–Crippen MR) is 77.4 cm³/mol. The summed E-state index contributed by atoms with van der Waals surface area (Å²) >= 11 is 0. The van der Waals surface area contributed by atoms with E-state index in [4.69, 9.17) is 5.73 Å². The molecule has 27 heavy (non-hydrogen) atoms. The molecular weight excluding hydrogens is 388 g/mol. The van der Waals surface area contributed by atoms with Gasteiger partial charge in [-0.3, -0.25) is 9.59 Å². The van der Waals surface area contributed by atoms with Gasteiger partial charge in [-0.2, -0.15) is 26.3 Å². The number of alkyl halides is 6. The highest BCUT2D eigenvalue weighted by Crippen LogP contribution is 2.24. The van der Waals surface area contributed by atoms with Crippen LogP contribution in [0, 0.1) is 0 Å². The largest absolute Gasteiger partial charge is 0.465 e. The average Bonchev–Trinajstić information content (AvgIpc) is 3.00. The zero-order valence-electron chi connectivity index (χ0n) is 13.4. The van der Waals surface area contributed by atoms with E-state index in [0.717, 1.165) is 11.0 Å². The summed E-state index contributed by atoms with van der Waals surface area (Å²) in [5, 5.41) is 0. The van der Waals surface area contributed by atoms with Crippen LogP contribution in [0.4, 0.5) is 26.3 Å². The first-order valence-corrected chi connectivity index (χ1v) is 6.81. The summed E-state index contributed by atoms with van der Waals surface area (Å²) in [6.45, 7) is 0.349. The van der Waals surface area contributed by atoms with E-state index < -0.39 is 23.9 Å². The minimum absolute atomic E-state index is 0.349. The second kappa shape index (κ2) is 8.16. The van der Waals surface area contributed by atoms with E-state index >= 15 is 0 Å². The van der Waals surface area contributed by atoms with Gasteiger partial charge in [0.1, 0.15) is 5.82 Å². The second-order valence-electron chi connectivity index (χ2n) is 4.76. The van der Waals surface area contributed by atoms with Crippen molar-refractivity contribution in [3.05, 3.63) is 29.6 Å². The highest BCUT2D eigenvalue weighted by molar-refractivity contribution is 6.41. The van der Waals surface area contributed by atoms with Gasteiger partial charge in [0.15, 0.2) is 0 Å². The number of nitrogens with one attached hydrogen (secondary N) is 1. The average molecular weight is 399 g/mol. The quantitative estimate of drug-likeness (QED) is 0.464. The Hall–Kier alpha value is -2.96. The van der Waals surface area contributed by atoms with Crippen LogP contribution < -0.4 is 5.73 Å². The number of hydrogen-bond acceptors (Lipinski definition) is 6. The number of fused-ring (bicyclic) bond motifs is 1. The molecule has 1 aromatic heterocycles.